The van der Waals surface area contributed by atoms with E-state index in [-0.39, 0.29) is 18.0 Å². The van der Waals surface area contributed by atoms with E-state index in [9.17, 15) is 22.8 Å². The third-order valence-corrected chi connectivity index (χ3v) is 4.28. The SMILES string of the molecule is Cl.O=C(O)[C@@H]1CN(C(=O)c2cn[nH]c2-c2ccccc2)C[C@H]1C(F)(F)F. The Morgan fingerprint density at radius 3 is 2.38 bits per heavy atom. The molecular formula is C16H15ClF3N3O3. The minimum Gasteiger partial charge on any atom is -0.481 e. The number of halogens is 4. The topological polar surface area (TPSA) is 86.3 Å². The van der Waals surface area contributed by atoms with Crippen LogP contribution in [-0.4, -0.2) is 51.3 Å². The van der Waals surface area contributed by atoms with Crippen molar-refractivity contribution in [2.75, 3.05) is 13.1 Å². The summed E-state index contributed by atoms with van der Waals surface area (Å²) in [6.45, 7) is -1.17. The van der Waals surface area contributed by atoms with Gasteiger partial charge in [-0.15, -0.1) is 12.4 Å². The van der Waals surface area contributed by atoms with Gasteiger partial charge in [0.25, 0.3) is 5.91 Å². The van der Waals surface area contributed by atoms with E-state index in [4.69, 9.17) is 5.11 Å². The second-order valence-electron chi connectivity index (χ2n) is 5.83. The number of rotatable bonds is 3. The van der Waals surface area contributed by atoms with Gasteiger partial charge in [-0.25, -0.2) is 0 Å². The molecule has 2 atom stereocenters. The number of hydrogen-bond acceptors (Lipinski definition) is 3. The molecule has 1 aliphatic rings. The fourth-order valence-electron chi connectivity index (χ4n) is 3.00. The zero-order valence-corrected chi connectivity index (χ0v) is 14.0. The van der Waals surface area contributed by atoms with Gasteiger partial charge in [0, 0.05) is 18.7 Å². The molecule has 1 saturated heterocycles. The van der Waals surface area contributed by atoms with Crippen LogP contribution in [0.3, 0.4) is 0 Å². The molecule has 0 bridgehead atoms. The van der Waals surface area contributed by atoms with Gasteiger partial charge in [-0.05, 0) is 0 Å². The minimum atomic E-state index is -4.68. The number of likely N-dealkylation sites (tertiary alicyclic amines) is 1. The maximum atomic E-state index is 13.1. The molecule has 1 aromatic carbocycles. The lowest BCUT2D eigenvalue weighted by atomic mass is 9.96. The van der Waals surface area contributed by atoms with Crippen LogP contribution in [0.5, 0.6) is 0 Å². The lowest BCUT2D eigenvalue weighted by Gasteiger charge is -2.18. The number of carbonyl (C=O) groups is 2. The molecule has 1 fully saturated rings. The standard InChI is InChI=1S/C16H14F3N3O3.ClH/c17-16(18,19)12-8-22(7-11(12)15(24)25)14(23)10-6-20-21-13(10)9-4-2-1-3-5-9;/h1-6,11-12H,7-8H2,(H,20,21)(H,24,25);1H/t11-,12-;/m1./s1. The number of carbonyl (C=O) groups excluding carboxylic acids is 1. The summed E-state index contributed by atoms with van der Waals surface area (Å²) in [6, 6.07) is 8.74. The number of benzene rings is 1. The normalized spacial score (nSPS) is 19.9. The summed E-state index contributed by atoms with van der Waals surface area (Å²) < 4.78 is 39.2. The van der Waals surface area contributed by atoms with Crippen molar-refractivity contribution in [1.82, 2.24) is 15.1 Å². The quantitative estimate of drug-likeness (QED) is 0.845. The number of aliphatic carboxylic acids is 1. The number of nitrogens with zero attached hydrogens (tertiary/aromatic N) is 2. The van der Waals surface area contributed by atoms with Crippen LogP contribution in [0.25, 0.3) is 11.3 Å². The number of hydrogen-bond donors (Lipinski definition) is 2. The van der Waals surface area contributed by atoms with Crippen molar-refractivity contribution in [2.45, 2.75) is 6.18 Å². The molecule has 26 heavy (non-hydrogen) atoms. The number of H-pyrrole nitrogens is 1. The average Bonchev–Trinajstić information content (AvgIpc) is 3.22. The van der Waals surface area contributed by atoms with Crippen molar-refractivity contribution < 1.29 is 27.9 Å². The Balaban J connectivity index is 0.00000243. The molecule has 0 saturated carbocycles. The third-order valence-electron chi connectivity index (χ3n) is 4.28. The molecule has 0 spiro atoms. The first kappa shape index (κ1) is 19.8. The van der Waals surface area contributed by atoms with Crippen LogP contribution in [0.15, 0.2) is 36.5 Å². The highest BCUT2D eigenvalue weighted by molar-refractivity contribution is 6.00. The molecule has 1 amide bonds. The Bertz CT molecular complexity index is 795. The van der Waals surface area contributed by atoms with E-state index in [0.717, 1.165) is 4.90 Å². The molecule has 2 aromatic rings. The highest BCUT2D eigenvalue weighted by atomic mass is 35.5. The summed E-state index contributed by atoms with van der Waals surface area (Å²) in [7, 11) is 0. The van der Waals surface area contributed by atoms with Gasteiger partial charge < -0.3 is 10.0 Å². The molecule has 2 heterocycles. The van der Waals surface area contributed by atoms with Crippen LogP contribution in [0.2, 0.25) is 0 Å². The van der Waals surface area contributed by atoms with Crippen molar-refractivity contribution in [3.05, 3.63) is 42.1 Å². The zero-order chi connectivity index (χ0) is 18.2. The molecule has 0 radical (unpaired) electrons. The summed E-state index contributed by atoms with van der Waals surface area (Å²) in [5.74, 6) is -5.99. The predicted octanol–water partition coefficient (Wildman–Crippen LogP) is 2.83. The molecule has 6 nitrogen and oxygen atoms in total. The van der Waals surface area contributed by atoms with Gasteiger partial charge in [0.1, 0.15) is 0 Å². The molecule has 10 heteroatoms. The molecule has 2 N–H and O–H groups in total. The van der Waals surface area contributed by atoms with Crippen LogP contribution < -0.4 is 0 Å². The lowest BCUT2D eigenvalue weighted by molar-refractivity contribution is -0.187. The fourth-order valence-corrected chi connectivity index (χ4v) is 3.00. The number of alkyl halides is 3. The molecule has 1 aliphatic heterocycles. The van der Waals surface area contributed by atoms with E-state index >= 15 is 0 Å². The van der Waals surface area contributed by atoms with E-state index in [2.05, 4.69) is 10.2 Å². The van der Waals surface area contributed by atoms with Crippen molar-refractivity contribution in [3.63, 3.8) is 0 Å². The van der Waals surface area contributed by atoms with Gasteiger partial charge in [0.2, 0.25) is 0 Å². The molecule has 0 aliphatic carbocycles. The summed E-state index contributed by atoms with van der Waals surface area (Å²) in [5, 5.41) is 15.5. The first-order valence-corrected chi connectivity index (χ1v) is 7.46. The molecule has 1 aromatic heterocycles. The maximum absolute atomic E-state index is 13.1. The second kappa shape index (κ2) is 7.36. The van der Waals surface area contributed by atoms with Crippen LogP contribution in [-0.2, 0) is 4.79 Å². The van der Waals surface area contributed by atoms with E-state index < -0.39 is 43.0 Å². The van der Waals surface area contributed by atoms with E-state index in [1.165, 1.54) is 6.20 Å². The number of carboxylic acids is 1. The Morgan fingerprint density at radius 1 is 1.19 bits per heavy atom. The predicted molar refractivity (Wildman–Crippen MR) is 87.8 cm³/mol. The Kier molecular flexibility index (Phi) is 5.60. The van der Waals surface area contributed by atoms with Crippen molar-refractivity contribution >= 4 is 24.3 Å². The zero-order valence-electron chi connectivity index (χ0n) is 13.2. The number of amides is 1. The number of aromatic nitrogens is 2. The fraction of sp³-hybridized carbons (Fsp3) is 0.312. The van der Waals surface area contributed by atoms with E-state index in [1.54, 1.807) is 30.3 Å². The molecule has 0 unspecified atom stereocenters. The Labute approximate surface area is 152 Å². The van der Waals surface area contributed by atoms with Crippen molar-refractivity contribution in [2.24, 2.45) is 11.8 Å². The minimum absolute atomic E-state index is 0. The van der Waals surface area contributed by atoms with E-state index in [1.807, 2.05) is 0 Å². The van der Waals surface area contributed by atoms with E-state index in [0.29, 0.717) is 11.3 Å². The van der Waals surface area contributed by atoms with Gasteiger partial charge in [-0.3, -0.25) is 14.7 Å². The largest absolute Gasteiger partial charge is 0.481 e. The maximum Gasteiger partial charge on any atom is 0.394 e. The summed E-state index contributed by atoms with van der Waals surface area (Å²) in [6.07, 6.45) is -3.45. The van der Waals surface area contributed by atoms with Crippen molar-refractivity contribution in [1.29, 1.82) is 0 Å². The highest BCUT2D eigenvalue weighted by Gasteiger charge is 2.53. The number of nitrogens with one attached hydrogen (secondary N) is 1. The van der Waals surface area contributed by atoms with Crippen LogP contribution in [0.4, 0.5) is 13.2 Å². The first-order chi connectivity index (χ1) is 11.8. The van der Waals surface area contributed by atoms with Crippen LogP contribution in [0.1, 0.15) is 10.4 Å². The smallest absolute Gasteiger partial charge is 0.394 e. The lowest BCUT2D eigenvalue weighted by Crippen LogP contribution is -2.34. The Morgan fingerprint density at radius 2 is 1.85 bits per heavy atom. The Hall–Kier alpha value is -2.55. The molecular weight excluding hydrogens is 375 g/mol. The van der Waals surface area contributed by atoms with Crippen LogP contribution in [0, 0.1) is 11.8 Å². The van der Waals surface area contributed by atoms with Gasteiger partial charge in [-0.2, -0.15) is 18.3 Å². The van der Waals surface area contributed by atoms with Crippen LogP contribution >= 0.6 is 12.4 Å². The summed E-state index contributed by atoms with van der Waals surface area (Å²) in [5.41, 5.74) is 1.15. The summed E-state index contributed by atoms with van der Waals surface area (Å²) in [4.78, 5) is 24.7. The van der Waals surface area contributed by atoms with Gasteiger partial charge in [0.15, 0.2) is 0 Å². The third kappa shape index (κ3) is 3.67. The summed E-state index contributed by atoms with van der Waals surface area (Å²) >= 11 is 0. The highest BCUT2D eigenvalue weighted by Crippen LogP contribution is 2.38. The number of carboxylic acid groups (broad SMARTS) is 1. The monoisotopic (exact) mass is 389 g/mol. The first-order valence-electron chi connectivity index (χ1n) is 7.46. The molecule has 3 rings (SSSR count). The molecule has 140 valence electrons. The van der Waals surface area contributed by atoms with Gasteiger partial charge >= 0.3 is 12.1 Å². The van der Waals surface area contributed by atoms with Gasteiger partial charge in [-0.1, -0.05) is 30.3 Å². The number of aromatic amines is 1. The van der Waals surface area contributed by atoms with Gasteiger partial charge in [0.05, 0.1) is 29.3 Å². The average molecular weight is 390 g/mol. The second-order valence-corrected chi connectivity index (χ2v) is 5.83. The van der Waals surface area contributed by atoms with Crippen molar-refractivity contribution in [3.8, 4) is 11.3 Å².